The maximum absolute atomic E-state index is 14.9. The molecule has 1 saturated carbocycles. The fraction of sp³-hybridized carbons (Fsp3) is 0.250. The van der Waals surface area contributed by atoms with Crippen molar-refractivity contribution >= 4 is 21.4 Å². The Balaban J connectivity index is 2.14. The van der Waals surface area contributed by atoms with E-state index in [-0.39, 0.29) is 17.7 Å². The highest BCUT2D eigenvalue weighted by atomic mass is 32.2. The molecule has 0 saturated heterocycles. The van der Waals surface area contributed by atoms with Gasteiger partial charge in [-0.3, -0.25) is 14.8 Å². The number of hydrogen-bond acceptors (Lipinski definition) is 5. The second kappa shape index (κ2) is 6.93. The molecule has 7 nitrogen and oxygen atoms in total. The first kappa shape index (κ1) is 19.9. The Bertz CT molecular complexity index is 1020. The first-order valence-electron chi connectivity index (χ1n) is 7.84. The predicted molar refractivity (Wildman–Crippen MR) is 89.0 cm³/mol. The smallest absolute Gasteiger partial charge is 0.398 e. The molecule has 3 rings (SSSR count). The molecule has 0 heterocycles. The summed E-state index contributed by atoms with van der Waals surface area (Å²) in [5.41, 5.74) is -2.68. The Morgan fingerprint density at radius 3 is 2.29 bits per heavy atom. The van der Waals surface area contributed by atoms with Crippen molar-refractivity contribution in [3.05, 3.63) is 57.9 Å². The fourth-order valence-electron chi connectivity index (χ4n) is 2.62. The van der Waals surface area contributed by atoms with Gasteiger partial charge >= 0.3 is 12.0 Å². The maximum Gasteiger partial charge on any atom is 0.573 e. The number of nitrogens with one attached hydrogen (secondary N) is 1. The molecule has 1 fully saturated rings. The van der Waals surface area contributed by atoms with Crippen LogP contribution in [0.15, 0.2) is 41.3 Å². The van der Waals surface area contributed by atoms with Crippen molar-refractivity contribution in [2.45, 2.75) is 30.0 Å². The van der Waals surface area contributed by atoms with Crippen molar-refractivity contribution in [3.8, 4) is 5.75 Å². The average molecular weight is 420 g/mol. The standard InChI is InChI=1S/C16H12F4N2O5S/c17-14-11(21-28(25,26)10-4-2-1-3-5-10)8-12(22(23)24)15(27-16(18,19)20)13(14)9-6-7-9/h1-5,8-9,21H,6-7H2. The quantitative estimate of drug-likeness (QED) is 0.427. The summed E-state index contributed by atoms with van der Waals surface area (Å²) in [5, 5.41) is 11.3. The van der Waals surface area contributed by atoms with E-state index in [0.717, 1.165) is 0 Å². The lowest BCUT2D eigenvalue weighted by atomic mass is 10.1. The van der Waals surface area contributed by atoms with Crippen molar-refractivity contribution in [2.75, 3.05) is 4.72 Å². The third-order valence-corrected chi connectivity index (χ3v) is 5.31. The van der Waals surface area contributed by atoms with Crippen molar-refractivity contribution in [2.24, 2.45) is 0 Å². The van der Waals surface area contributed by atoms with Crippen molar-refractivity contribution in [1.29, 1.82) is 0 Å². The normalized spacial score (nSPS) is 14.6. The van der Waals surface area contributed by atoms with Crippen LogP contribution in [0.1, 0.15) is 24.3 Å². The molecule has 0 spiro atoms. The summed E-state index contributed by atoms with van der Waals surface area (Å²) in [5.74, 6) is -3.34. The van der Waals surface area contributed by atoms with Gasteiger partial charge in [0, 0.05) is 11.6 Å². The molecule has 2 aromatic rings. The van der Waals surface area contributed by atoms with Gasteiger partial charge in [0.25, 0.3) is 10.0 Å². The minimum Gasteiger partial charge on any atom is -0.398 e. The van der Waals surface area contributed by atoms with Crippen LogP contribution in [-0.4, -0.2) is 19.7 Å². The van der Waals surface area contributed by atoms with Crippen LogP contribution in [0, 0.1) is 15.9 Å². The lowest BCUT2D eigenvalue weighted by Crippen LogP contribution is -2.20. The van der Waals surface area contributed by atoms with Crippen LogP contribution in [0.25, 0.3) is 0 Å². The van der Waals surface area contributed by atoms with E-state index >= 15 is 0 Å². The Morgan fingerprint density at radius 1 is 1.18 bits per heavy atom. The molecule has 1 aliphatic carbocycles. The number of nitrogens with zero attached hydrogens (tertiary/aromatic N) is 1. The first-order chi connectivity index (χ1) is 13.0. The molecule has 12 heteroatoms. The summed E-state index contributed by atoms with van der Waals surface area (Å²) in [6.45, 7) is 0. The highest BCUT2D eigenvalue weighted by molar-refractivity contribution is 7.92. The Morgan fingerprint density at radius 2 is 1.79 bits per heavy atom. The third kappa shape index (κ3) is 4.16. The molecule has 2 aromatic carbocycles. The second-order valence-corrected chi connectivity index (χ2v) is 7.68. The zero-order chi connectivity index (χ0) is 20.7. The van der Waals surface area contributed by atoms with Gasteiger partial charge in [-0.25, -0.2) is 12.8 Å². The molecular formula is C16H12F4N2O5S. The minimum absolute atomic E-state index is 0.249. The molecule has 0 amide bonds. The summed E-state index contributed by atoms with van der Waals surface area (Å²) in [7, 11) is -4.32. The van der Waals surface area contributed by atoms with Gasteiger partial charge in [-0.2, -0.15) is 0 Å². The molecule has 0 atom stereocenters. The number of rotatable bonds is 6. The number of nitro benzene ring substituents is 1. The van der Waals surface area contributed by atoms with E-state index in [9.17, 15) is 36.1 Å². The molecule has 150 valence electrons. The Kier molecular flexibility index (Phi) is 4.91. The molecule has 0 aliphatic heterocycles. The summed E-state index contributed by atoms with van der Waals surface area (Å²) in [4.78, 5) is 9.82. The monoisotopic (exact) mass is 420 g/mol. The summed E-state index contributed by atoms with van der Waals surface area (Å²) in [6, 6.07) is 7.14. The Labute approximate surface area is 156 Å². The largest absolute Gasteiger partial charge is 0.573 e. The third-order valence-electron chi connectivity index (χ3n) is 3.93. The molecule has 0 radical (unpaired) electrons. The SMILES string of the molecule is O=[N+]([O-])c1cc(NS(=O)(=O)c2ccccc2)c(F)c(C2CC2)c1OC(F)(F)F. The number of alkyl halides is 3. The first-order valence-corrected chi connectivity index (χ1v) is 9.32. The van der Waals surface area contributed by atoms with E-state index in [1.54, 1.807) is 6.07 Å². The topological polar surface area (TPSA) is 98.5 Å². The number of halogens is 4. The van der Waals surface area contributed by atoms with Gasteiger partial charge in [-0.15, -0.1) is 13.2 Å². The van der Waals surface area contributed by atoms with Gasteiger partial charge in [0.05, 0.1) is 15.5 Å². The fourth-order valence-corrected chi connectivity index (χ4v) is 3.69. The number of anilines is 1. The summed E-state index contributed by atoms with van der Waals surface area (Å²) >= 11 is 0. The molecule has 0 aromatic heterocycles. The lowest BCUT2D eigenvalue weighted by Gasteiger charge is -2.17. The van der Waals surface area contributed by atoms with Gasteiger partial charge in [0.2, 0.25) is 5.75 Å². The van der Waals surface area contributed by atoms with Crippen LogP contribution in [0.5, 0.6) is 5.75 Å². The van der Waals surface area contributed by atoms with Gasteiger partial charge < -0.3 is 4.74 Å². The van der Waals surface area contributed by atoms with Gasteiger partial charge in [-0.1, -0.05) is 18.2 Å². The number of benzene rings is 2. The van der Waals surface area contributed by atoms with Crippen LogP contribution in [0.4, 0.5) is 28.9 Å². The van der Waals surface area contributed by atoms with E-state index < -0.39 is 55.7 Å². The zero-order valence-electron chi connectivity index (χ0n) is 13.9. The van der Waals surface area contributed by atoms with E-state index in [4.69, 9.17) is 0 Å². The predicted octanol–water partition coefficient (Wildman–Crippen LogP) is 4.31. The van der Waals surface area contributed by atoms with Gasteiger partial charge in [0.15, 0.2) is 5.82 Å². The summed E-state index contributed by atoms with van der Waals surface area (Å²) < 4.78 is 83.3. The van der Waals surface area contributed by atoms with Crippen LogP contribution < -0.4 is 9.46 Å². The zero-order valence-corrected chi connectivity index (χ0v) is 14.7. The van der Waals surface area contributed by atoms with Crippen molar-refractivity contribution < 1.29 is 35.6 Å². The van der Waals surface area contributed by atoms with E-state index in [1.165, 1.54) is 24.3 Å². The number of sulfonamides is 1. The molecule has 0 bridgehead atoms. The lowest BCUT2D eigenvalue weighted by molar-refractivity contribution is -0.388. The second-order valence-electron chi connectivity index (χ2n) is 6.00. The van der Waals surface area contributed by atoms with E-state index in [0.29, 0.717) is 6.07 Å². The highest BCUT2D eigenvalue weighted by Crippen LogP contribution is 2.51. The molecule has 1 N–H and O–H groups in total. The molecule has 0 unspecified atom stereocenters. The molecule has 28 heavy (non-hydrogen) atoms. The maximum atomic E-state index is 14.9. The van der Waals surface area contributed by atoms with Crippen molar-refractivity contribution in [3.63, 3.8) is 0 Å². The number of hydrogen-bond donors (Lipinski definition) is 1. The number of nitro groups is 1. The van der Waals surface area contributed by atoms with Gasteiger partial charge in [0.1, 0.15) is 0 Å². The van der Waals surface area contributed by atoms with Crippen LogP contribution in [-0.2, 0) is 10.0 Å². The van der Waals surface area contributed by atoms with Gasteiger partial charge in [-0.05, 0) is 30.9 Å². The van der Waals surface area contributed by atoms with E-state index in [1.807, 2.05) is 4.72 Å². The average Bonchev–Trinajstić information content (AvgIpc) is 3.41. The van der Waals surface area contributed by atoms with Crippen LogP contribution in [0.2, 0.25) is 0 Å². The van der Waals surface area contributed by atoms with E-state index in [2.05, 4.69) is 4.74 Å². The Hall–Kier alpha value is -2.89. The molecular weight excluding hydrogens is 408 g/mol. The summed E-state index contributed by atoms with van der Waals surface area (Å²) in [6.07, 6.45) is -4.71. The minimum atomic E-state index is -5.29. The highest BCUT2D eigenvalue weighted by Gasteiger charge is 2.42. The number of ether oxygens (including phenoxy) is 1. The molecule has 1 aliphatic rings. The van der Waals surface area contributed by atoms with Crippen molar-refractivity contribution in [1.82, 2.24) is 0 Å². The van der Waals surface area contributed by atoms with Crippen LogP contribution >= 0.6 is 0 Å². The van der Waals surface area contributed by atoms with Crippen LogP contribution in [0.3, 0.4) is 0 Å².